The highest BCUT2D eigenvalue weighted by Crippen LogP contribution is 2.26. The van der Waals surface area contributed by atoms with Crippen LogP contribution in [0.5, 0.6) is 5.75 Å². The molecule has 110 valence electrons. The molecule has 4 nitrogen and oxygen atoms in total. The number of esters is 1. The summed E-state index contributed by atoms with van der Waals surface area (Å²) in [7, 11) is 1.59. The second-order valence-corrected chi connectivity index (χ2v) is 5.51. The summed E-state index contributed by atoms with van der Waals surface area (Å²) in [6.45, 7) is 0.132. The third-order valence-electron chi connectivity index (χ3n) is 2.86. The Morgan fingerprint density at radius 3 is 2.76 bits per heavy atom. The number of para-hydroxylation sites is 1. The van der Waals surface area contributed by atoms with Crippen molar-refractivity contribution in [2.24, 2.45) is 0 Å². The van der Waals surface area contributed by atoms with Crippen LogP contribution in [0.3, 0.4) is 0 Å². The maximum Gasteiger partial charge on any atom is 0.340 e. The van der Waals surface area contributed by atoms with Crippen LogP contribution in [0.15, 0.2) is 40.9 Å². The Kier molecular flexibility index (Phi) is 5.09. The molecule has 0 heterocycles. The lowest BCUT2D eigenvalue weighted by Crippen LogP contribution is -2.08. The molecule has 0 radical (unpaired) electrons. The number of hydrogen-bond donors (Lipinski definition) is 1. The van der Waals surface area contributed by atoms with Crippen molar-refractivity contribution in [1.29, 1.82) is 0 Å². The van der Waals surface area contributed by atoms with E-state index in [1.165, 1.54) is 0 Å². The van der Waals surface area contributed by atoms with Crippen molar-refractivity contribution in [3.8, 4) is 5.75 Å². The molecule has 2 rings (SSSR count). The summed E-state index contributed by atoms with van der Waals surface area (Å²) in [5, 5.41) is 0.330. The summed E-state index contributed by atoms with van der Waals surface area (Å²) in [4.78, 5) is 12.0. The normalized spacial score (nSPS) is 10.2. The van der Waals surface area contributed by atoms with E-state index in [4.69, 9.17) is 26.8 Å². The van der Waals surface area contributed by atoms with Crippen LogP contribution in [0.25, 0.3) is 0 Å². The molecule has 0 spiro atoms. The van der Waals surface area contributed by atoms with Gasteiger partial charge in [0.05, 0.1) is 27.9 Å². The Morgan fingerprint density at radius 2 is 2.10 bits per heavy atom. The summed E-state index contributed by atoms with van der Waals surface area (Å²) >= 11 is 9.25. The number of methoxy groups -OCH3 is 1. The summed E-state index contributed by atoms with van der Waals surface area (Å²) in [6.07, 6.45) is 0. The first kappa shape index (κ1) is 15.7. The van der Waals surface area contributed by atoms with Crippen LogP contribution < -0.4 is 10.5 Å². The molecule has 0 aromatic heterocycles. The lowest BCUT2D eigenvalue weighted by atomic mass is 10.2. The van der Waals surface area contributed by atoms with Gasteiger partial charge in [0.1, 0.15) is 12.4 Å². The Morgan fingerprint density at radius 1 is 1.33 bits per heavy atom. The minimum absolute atomic E-state index is 0.132. The Labute approximate surface area is 135 Å². The van der Waals surface area contributed by atoms with Gasteiger partial charge in [-0.25, -0.2) is 4.79 Å². The number of nitrogens with two attached hydrogens (primary N) is 1. The lowest BCUT2D eigenvalue weighted by Gasteiger charge is -2.09. The highest BCUT2D eigenvalue weighted by atomic mass is 79.9. The SMILES string of the molecule is COc1ccc(COC(=O)c2cccc(Cl)c2N)cc1Br. The number of anilines is 1. The molecule has 6 heteroatoms. The maximum absolute atomic E-state index is 12.0. The fourth-order valence-electron chi connectivity index (χ4n) is 1.74. The average molecular weight is 371 g/mol. The van der Waals surface area contributed by atoms with Crippen LogP contribution in [0.1, 0.15) is 15.9 Å². The fraction of sp³-hybridized carbons (Fsp3) is 0.133. The zero-order valence-corrected chi connectivity index (χ0v) is 13.6. The van der Waals surface area contributed by atoms with Gasteiger partial charge in [-0.05, 0) is 45.8 Å². The highest BCUT2D eigenvalue weighted by molar-refractivity contribution is 9.10. The molecule has 21 heavy (non-hydrogen) atoms. The molecule has 2 aromatic carbocycles. The molecule has 0 atom stereocenters. The van der Waals surface area contributed by atoms with Crippen LogP contribution in [0.2, 0.25) is 5.02 Å². The van der Waals surface area contributed by atoms with Gasteiger partial charge >= 0.3 is 5.97 Å². The molecule has 0 aliphatic rings. The quantitative estimate of drug-likeness (QED) is 0.651. The smallest absolute Gasteiger partial charge is 0.340 e. The second kappa shape index (κ2) is 6.83. The van der Waals surface area contributed by atoms with Gasteiger partial charge in [0, 0.05) is 0 Å². The van der Waals surface area contributed by atoms with Crippen LogP contribution in [-0.2, 0) is 11.3 Å². The van der Waals surface area contributed by atoms with Gasteiger partial charge in [-0.2, -0.15) is 0 Å². The number of nitrogen functional groups attached to an aromatic ring is 1. The van der Waals surface area contributed by atoms with E-state index >= 15 is 0 Å². The van der Waals surface area contributed by atoms with Gasteiger partial charge in [0.15, 0.2) is 0 Å². The van der Waals surface area contributed by atoms with Crippen LogP contribution in [0.4, 0.5) is 5.69 Å². The van der Waals surface area contributed by atoms with Crippen molar-refractivity contribution in [1.82, 2.24) is 0 Å². The molecule has 0 fully saturated rings. The van der Waals surface area contributed by atoms with Crippen molar-refractivity contribution in [3.63, 3.8) is 0 Å². The van der Waals surface area contributed by atoms with E-state index < -0.39 is 5.97 Å². The molecule has 2 aromatic rings. The Hall–Kier alpha value is -1.72. The van der Waals surface area contributed by atoms with Crippen molar-refractivity contribution >= 4 is 39.2 Å². The Balaban J connectivity index is 2.07. The summed E-state index contributed by atoms with van der Waals surface area (Å²) in [5.74, 6) is 0.200. The van der Waals surface area contributed by atoms with Crippen molar-refractivity contribution in [3.05, 3.63) is 57.0 Å². The molecule has 2 N–H and O–H groups in total. The van der Waals surface area contributed by atoms with Crippen LogP contribution >= 0.6 is 27.5 Å². The van der Waals surface area contributed by atoms with Gasteiger partial charge in [0.25, 0.3) is 0 Å². The highest BCUT2D eigenvalue weighted by Gasteiger charge is 2.13. The molecule has 0 bridgehead atoms. The zero-order chi connectivity index (χ0) is 15.4. The summed E-state index contributed by atoms with van der Waals surface area (Å²) < 4.78 is 11.2. The average Bonchev–Trinajstić information content (AvgIpc) is 2.47. The lowest BCUT2D eigenvalue weighted by molar-refractivity contribution is 0.0474. The van der Waals surface area contributed by atoms with Crippen LogP contribution in [-0.4, -0.2) is 13.1 Å². The van der Waals surface area contributed by atoms with Gasteiger partial charge < -0.3 is 15.2 Å². The minimum atomic E-state index is -0.512. The van der Waals surface area contributed by atoms with Crippen molar-refractivity contribution in [2.75, 3.05) is 12.8 Å². The van der Waals surface area contributed by atoms with E-state index in [9.17, 15) is 4.79 Å². The van der Waals surface area contributed by atoms with Gasteiger partial charge in [0.2, 0.25) is 0 Å². The number of benzene rings is 2. The first-order valence-corrected chi connectivity index (χ1v) is 7.23. The van der Waals surface area contributed by atoms with E-state index in [1.807, 2.05) is 12.1 Å². The predicted molar refractivity (Wildman–Crippen MR) is 85.7 cm³/mol. The van der Waals surface area contributed by atoms with E-state index in [0.717, 1.165) is 10.0 Å². The number of hydrogen-bond acceptors (Lipinski definition) is 4. The number of rotatable bonds is 4. The minimum Gasteiger partial charge on any atom is -0.496 e. The molecule has 0 amide bonds. The molecule has 0 aliphatic carbocycles. The number of carbonyl (C=O) groups is 1. The number of carbonyl (C=O) groups excluding carboxylic acids is 1. The van der Waals surface area contributed by atoms with E-state index in [2.05, 4.69) is 15.9 Å². The largest absolute Gasteiger partial charge is 0.496 e. The van der Waals surface area contributed by atoms with Gasteiger partial charge in [-0.3, -0.25) is 0 Å². The standard InChI is InChI=1S/C15H13BrClNO3/c1-20-13-6-5-9(7-11(13)16)8-21-15(19)10-3-2-4-12(17)14(10)18/h2-7H,8,18H2,1H3. The van der Waals surface area contributed by atoms with Crippen molar-refractivity contribution in [2.45, 2.75) is 6.61 Å². The summed E-state index contributed by atoms with van der Waals surface area (Å²) in [6, 6.07) is 10.3. The molecule has 0 saturated heterocycles. The molecule has 0 saturated carbocycles. The van der Waals surface area contributed by atoms with E-state index in [-0.39, 0.29) is 17.9 Å². The fourth-order valence-corrected chi connectivity index (χ4v) is 2.50. The molecule has 0 unspecified atom stereocenters. The third kappa shape index (κ3) is 3.68. The van der Waals surface area contributed by atoms with E-state index in [0.29, 0.717) is 10.8 Å². The second-order valence-electron chi connectivity index (χ2n) is 4.25. The van der Waals surface area contributed by atoms with Crippen molar-refractivity contribution < 1.29 is 14.3 Å². The maximum atomic E-state index is 12.0. The topological polar surface area (TPSA) is 61.5 Å². The first-order chi connectivity index (χ1) is 10.0. The third-order valence-corrected chi connectivity index (χ3v) is 3.81. The zero-order valence-electron chi connectivity index (χ0n) is 11.2. The molecule has 0 aliphatic heterocycles. The first-order valence-electron chi connectivity index (χ1n) is 6.06. The summed E-state index contributed by atoms with van der Waals surface area (Å²) in [5.41, 5.74) is 7.07. The molecular formula is C15H13BrClNO3. The predicted octanol–water partition coefficient (Wildman–Crippen LogP) is 4.05. The van der Waals surface area contributed by atoms with Gasteiger partial charge in [-0.15, -0.1) is 0 Å². The van der Waals surface area contributed by atoms with Gasteiger partial charge in [-0.1, -0.05) is 23.7 Å². The Bertz CT molecular complexity index is 676. The van der Waals surface area contributed by atoms with Crippen LogP contribution in [0, 0.1) is 0 Å². The number of halogens is 2. The molecular weight excluding hydrogens is 358 g/mol. The monoisotopic (exact) mass is 369 g/mol. The van der Waals surface area contributed by atoms with E-state index in [1.54, 1.807) is 31.4 Å². The number of ether oxygens (including phenoxy) is 2.